The molecule has 1 heterocycles. The normalized spacial score (nSPS) is 10.4. The molecule has 0 fully saturated rings. The third kappa shape index (κ3) is 2.88. The Morgan fingerprint density at radius 1 is 1.40 bits per heavy atom. The van der Waals surface area contributed by atoms with Gasteiger partial charge < -0.3 is 14.3 Å². The number of benzene rings is 1. The van der Waals surface area contributed by atoms with Crippen molar-refractivity contribution in [3.63, 3.8) is 0 Å². The highest BCUT2D eigenvalue weighted by atomic mass is 16.5. The standard InChI is InChI=1S/C15H14O5/c1-3-10-6-14(16)20-13-7-11(4-5-12(10)13)19-8-9(2)15(17)18/h4-7H,2-3,8H2,1H3,(H,17,18). The van der Waals surface area contributed by atoms with E-state index in [9.17, 15) is 9.59 Å². The summed E-state index contributed by atoms with van der Waals surface area (Å²) in [6.07, 6.45) is 0.720. The molecular weight excluding hydrogens is 260 g/mol. The molecule has 0 aliphatic rings. The summed E-state index contributed by atoms with van der Waals surface area (Å²) in [5, 5.41) is 9.54. The third-order valence-corrected chi connectivity index (χ3v) is 2.90. The van der Waals surface area contributed by atoms with Crippen molar-refractivity contribution < 1.29 is 19.1 Å². The molecule has 1 N–H and O–H groups in total. The predicted octanol–water partition coefficient (Wildman–Crippen LogP) is 2.37. The lowest BCUT2D eigenvalue weighted by atomic mass is 10.1. The Kier molecular flexibility index (Phi) is 3.89. The second-order valence-corrected chi connectivity index (χ2v) is 4.30. The summed E-state index contributed by atoms with van der Waals surface area (Å²) in [7, 11) is 0. The number of ether oxygens (including phenoxy) is 1. The lowest BCUT2D eigenvalue weighted by molar-refractivity contribution is -0.133. The summed E-state index contributed by atoms with van der Waals surface area (Å²) in [4.78, 5) is 22.1. The Labute approximate surface area is 115 Å². The molecule has 0 aliphatic heterocycles. The quantitative estimate of drug-likeness (QED) is 0.669. The van der Waals surface area contributed by atoms with Gasteiger partial charge in [-0.1, -0.05) is 13.5 Å². The molecule has 2 rings (SSSR count). The molecule has 0 aliphatic carbocycles. The molecule has 1 aromatic heterocycles. The topological polar surface area (TPSA) is 76.7 Å². The average molecular weight is 274 g/mol. The summed E-state index contributed by atoms with van der Waals surface area (Å²) in [5.41, 5.74) is 0.862. The molecule has 20 heavy (non-hydrogen) atoms. The third-order valence-electron chi connectivity index (χ3n) is 2.90. The highest BCUT2D eigenvalue weighted by molar-refractivity contribution is 5.86. The lowest BCUT2D eigenvalue weighted by Gasteiger charge is -2.08. The number of aryl methyl sites for hydroxylation is 1. The monoisotopic (exact) mass is 274 g/mol. The van der Waals surface area contributed by atoms with Gasteiger partial charge in [0.2, 0.25) is 0 Å². The van der Waals surface area contributed by atoms with E-state index >= 15 is 0 Å². The SMILES string of the molecule is C=C(COc1ccc2c(CC)cc(=O)oc2c1)C(=O)O. The Morgan fingerprint density at radius 3 is 2.80 bits per heavy atom. The van der Waals surface area contributed by atoms with E-state index in [1.54, 1.807) is 18.2 Å². The van der Waals surface area contributed by atoms with Crippen LogP contribution in [0.3, 0.4) is 0 Å². The van der Waals surface area contributed by atoms with Gasteiger partial charge in [0.15, 0.2) is 0 Å². The maximum Gasteiger partial charge on any atom is 0.336 e. The molecule has 1 aromatic carbocycles. The maximum atomic E-state index is 11.4. The van der Waals surface area contributed by atoms with Crippen LogP contribution in [0.5, 0.6) is 5.75 Å². The first-order chi connectivity index (χ1) is 9.51. The number of carbonyl (C=O) groups is 1. The first kappa shape index (κ1) is 13.9. The summed E-state index contributed by atoms with van der Waals surface area (Å²) < 4.78 is 10.4. The number of fused-ring (bicyclic) bond motifs is 1. The van der Waals surface area contributed by atoms with Crippen LogP contribution in [-0.2, 0) is 11.2 Å². The van der Waals surface area contributed by atoms with E-state index in [4.69, 9.17) is 14.3 Å². The van der Waals surface area contributed by atoms with Crippen molar-refractivity contribution in [2.45, 2.75) is 13.3 Å². The Balaban J connectivity index is 2.32. The van der Waals surface area contributed by atoms with E-state index in [0.717, 1.165) is 17.4 Å². The van der Waals surface area contributed by atoms with Crippen LogP contribution in [0.4, 0.5) is 0 Å². The van der Waals surface area contributed by atoms with E-state index in [1.165, 1.54) is 6.07 Å². The van der Waals surface area contributed by atoms with Crippen LogP contribution in [0, 0.1) is 0 Å². The molecule has 0 bridgehead atoms. The second-order valence-electron chi connectivity index (χ2n) is 4.30. The minimum absolute atomic E-state index is 0.0474. The Bertz CT molecular complexity index is 727. The van der Waals surface area contributed by atoms with Crippen LogP contribution in [0.1, 0.15) is 12.5 Å². The highest BCUT2D eigenvalue weighted by Gasteiger charge is 2.08. The zero-order valence-electron chi connectivity index (χ0n) is 11.0. The van der Waals surface area contributed by atoms with Gasteiger partial charge in [0.05, 0.1) is 5.57 Å². The summed E-state index contributed by atoms with van der Waals surface area (Å²) in [6.45, 7) is 5.20. The maximum absolute atomic E-state index is 11.4. The fraction of sp³-hybridized carbons (Fsp3) is 0.200. The first-order valence-corrected chi connectivity index (χ1v) is 6.12. The summed E-state index contributed by atoms with van der Waals surface area (Å²) in [6, 6.07) is 6.53. The van der Waals surface area contributed by atoms with Gasteiger partial charge in [-0.2, -0.15) is 0 Å². The second kappa shape index (κ2) is 5.61. The lowest BCUT2D eigenvalue weighted by Crippen LogP contribution is -2.09. The van der Waals surface area contributed by atoms with E-state index in [2.05, 4.69) is 6.58 Å². The molecule has 5 heteroatoms. The van der Waals surface area contributed by atoms with E-state index in [1.807, 2.05) is 6.92 Å². The molecule has 104 valence electrons. The van der Waals surface area contributed by atoms with Crippen LogP contribution < -0.4 is 10.4 Å². The fourth-order valence-electron chi connectivity index (χ4n) is 1.82. The Morgan fingerprint density at radius 2 is 2.15 bits per heavy atom. The molecule has 2 aromatic rings. The minimum Gasteiger partial charge on any atom is -0.489 e. The first-order valence-electron chi connectivity index (χ1n) is 6.12. The summed E-state index contributed by atoms with van der Waals surface area (Å²) in [5.74, 6) is -0.679. The van der Waals surface area contributed by atoms with Gasteiger partial charge in [0.25, 0.3) is 0 Å². The molecule has 0 amide bonds. The smallest absolute Gasteiger partial charge is 0.336 e. The van der Waals surface area contributed by atoms with Crippen molar-refractivity contribution in [2.24, 2.45) is 0 Å². The molecule has 0 spiro atoms. The highest BCUT2D eigenvalue weighted by Crippen LogP contribution is 2.23. The predicted molar refractivity (Wildman–Crippen MR) is 74.1 cm³/mol. The van der Waals surface area contributed by atoms with Crippen LogP contribution in [0.25, 0.3) is 11.0 Å². The zero-order valence-corrected chi connectivity index (χ0v) is 11.0. The minimum atomic E-state index is -1.11. The van der Waals surface area contributed by atoms with Crippen molar-refractivity contribution in [2.75, 3.05) is 6.61 Å². The molecule has 5 nitrogen and oxygen atoms in total. The van der Waals surface area contributed by atoms with Crippen molar-refractivity contribution in [1.29, 1.82) is 0 Å². The van der Waals surface area contributed by atoms with Crippen molar-refractivity contribution in [3.8, 4) is 5.75 Å². The van der Waals surface area contributed by atoms with E-state index < -0.39 is 11.6 Å². The van der Waals surface area contributed by atoms with Gasteiger partial charge in [0, 0.05) is 17.5 Å². The number of carboxylic acids is 1. The van der Waals surface area contributed by atoms with E-state index in [0.29, 0.717) is 11.3 Å². The number of aliphatic carboxylic acids is 1. The number of hydrogen-bond acceptors (Lipinski definition) is 4. The molecule has 0 unspecified atom stereocenters. The van der Waals surface area contributed by atoms with Crippen molar-refractivity contribution in [1.82, 2.24) is 0 Å². The Hall–Kier alpha value is -2.56. The molecule has 0 atom stereocenters. The van der Waals surface area contributed by atoms with Crippen LogP contribution in [0.2, 0.25) is 0 Å². The van der Waals surface area contributed by atoms with Crippen LogP contribution >= 0.6 is 0 Å². The van der Waals surface area contributed by atoms with Gasteiger partial charge in [0.1, 0.15) is 17.9 Å². The van der Waals surface area contributed by atoms with Gasteiger partial charge in [-0.05, 0) is 24.1 Å². The number of carboxylic acid groups (broad SMARTS) is 1. The molecular formula is C15H14O5. The van der Waals surface area contributed by atoms with Gasteiger partial charge >= 0.3 is 11.6 Å². The summed E-state index contributed by atoms with van der Waals surface area (Å²) >= 11 is 0. The van der Waals surface area contributed by atoms with Crippen molar-refractivity contribution in [3.05, 3.63) is 52.4 Å². The van der Waals surface area contributed by atoms with Crippen LogP contribution in [0.15, 0.2) is 45.6 Å². The van der Waals surface area contributed by atoms with Crippen LogP contribution in [-0.4, -0.2) is 17.7 Å². The number of hydrogen-bond donors (Lipinski definition) is 1. The zero-order chi connectivity index (χ0) is 14.7. The fourth-order valence-corrected chi connectivity index (χ4v) is 1.82. The molecule has 0 saturated heterocycles. The van der Waals surface area contributed by atoms with Gasteiger partial charge in [-0.15, -0.1) is 0 Å². The van der Waals surface area contributed by atoms with Crippen molar-refractivity contribution >= 4 is 16.9 Å². The molecule has 0 saturated carbocycles. The molecule has 0 radical (unpaired) electrons. The largest absolute Gasteiger partial charge is 0.489 e. The van der Waals surface area contributed by atoms with E-state index in [-0.39, 0.29) is 12.2 Å². The number of rotatable bonds is 5. The van der Waals surface area contributed by atoms with Gasteiger partial charge in [-0.3, -0.25) is 0 Å². The average Bonchev–Trinajstić information content (AvgIpc) is 2.43. The van der Waals surface area contributed by atoms with Gasteiger partial charge in [-0.25, -0.2) is 9.59 Å².